The first-order valence-electron chi connectivity index (χ1n) is 5.99. The maximum atomic E-state index is 13.1. The number of hydrogen-bond donors (Lipinski definition) is 1. The summed E-state index contributed by atoms with van der Waals surface area (Å²) in [4.78, 5) is 2.03. The molecule has 1 aromatic carbocycles. The van der Waals surface area contributed by atoms with Crippen LogP contribution in [0.5, 0.6) is 0 Å². The van der Waals surface area contributed by atoms with Crippen molar-refractivity contribution in [2.24, 2.45) is 5.73 Å². The number of nitrogens with two attached hydrogens (primary N) is 1. The number of benzene rings is 1. The third-order valence-corrected chi connectivity index (χ3v) is 3.39. The van der Waals surface area contributed by atoms with Crippen LogP contribution < -0.4 is 5.73 Å². The molecule has 1 atom stereocenters. The van der Waals surface area contributed by atoms with Gasteiger partial charge < -0.3 is 10.2 Å². The zero-order chi connectivity index (χ0) is 13.8. The van der Waals surface area contributed by atoms with Gasteiger partial charge in [-0.25, -0.2) is 4.39 Å². The summed E-state index contributed by atoms with van der Waals surface area (Å²) in [6.07, 6.45) is 1.63. The summed E-state index contributed by atoms with van der Waals surface area (Å²) < 4.78 is 18.4. The lowest BCUT2D eigenvalue weighted by atomic mass is 10.1. The molecule has 2 aromatic rings. The molecule has 5 heteroatoms. The molecule has 19 heavy (non-hydrogen) atoms. The lowest BCUT2D eigenvalue weighted by Gasteiger charge is -2.27. The normalized spacial score (nSPS) is 12.9. The Bertz CT molecular complexity index is 530. The van der Waals surface area contributed by atoms with Crippen LogP contribution in [0, 0.1) is 5.82 Å². The van der Waals surface area contributed by atoms with Crippen molar-refractivity contribution in [2.45, 2.75) is 12.6 Å². The molecule has 3 nitrogen and oxygen atoms in total. The molecular weight excluding hydrogens is 267 g/mol. The molecule has 1 heterocycles. The third kappa shape index (κ3) is 3.35. The van der Waals surface area contributed by atoms with E-state index in [-0.39, 0.29) is 11.9 Å². The minimum Gasteiger partial charge on any atom is -0.468 e. The zero-order valence-corrected chi connectivity index (χ0v) is 11.4. The largest absolute Gasteiger partial charge is 0.468 e. The predicted octanol–water partition coefficient (Wildman–Crippen LogP) is 3.20. The van der Waals surface area contributed by atoms with Gasteiger partial charge in [0.1, 0.15) is 11.6 Å². The number of furan rings is 1. The van der Waals surface area contributed by atoms with Gasteiger partial charge in [0.15, 0.2) is 0 Å². The average Bonchev–Trinajstić information content (AvgIpc) is 2.85. The highest BCUT2D eigenvalue weighted by Gasteiger charge is 2.19. The molecule has 1 aromatic heterocycles. The Hall–Kier alpha value is -1.36. The van der Waals surface area contributed by atoms with Crippen LogP contribution in [-0.2, 0) is 6.54 Å². The maximum absolute atomic E-state index is 13.1. The Morgan fingerprint density at radius 3 is 2.79 bits per heavy atom. The van der Waals surface area contributed by atoms with Gasteiger partial charge in [-0.15, -0.1) is 0 Å². The summed E-state index contributed by atoms with van der Waals surface area (Å²) in [6, 6.07) is 8.03. The molecule has 0 spiro atoms. The van der Waals surface area contributed by atoms with Gasteiger partial charge in [0.25, 0.3) is 0 Å². The van der Waals surface area contributed by atoms with Crippen molar-refractivity contribution >= 4 is 11.6 Å². The van der Waals surface area contributed by atoms with Crippen molar-refractivity contribution in [2.75, 3.05) is 13.6 Å². The van der Waals surface area contributed by atoms with Gasteiger partial charge in [-0.1, -0.05) is 17.7 Å². The van der Waals surface area contributed by atoms with Crippen LogP contribution in [-0.4, -0.2) is 18.5 Å². The van der Waals surface area contributed by atoms with E-state index >= 15 is 0 Å². The quantitative estimate of drug-likeness (QED) is 0.916. The number of nitrogens with zero attached hydrogens (tertiary/aromatic N) is 1. The minimum atomic E-state index is -0.349. The first-order chi connectivity index (χ1) is 9.11. The van der Waals surface area contributed by atoms with E-state index in [1.165, 1.54) is 12.1 Å². The SMILES string of the molecule is CN(Cc1ccco1)C(CN)c1ccc(F)cc1Cl. The number of halogens is 2. The van der Waals surface area contributed by atoms with E-state index in [0.717, 1.165) is 11.3 Å². The smallest absolute Gasteiger partial charge is 0.124 e. The number of likely N-dealkylation sites (N-methyl/N-ethyl adjacent to an activating group) is 1. The van der Waals surface area contributed by atoms with E-state index < -0.39 is 0 Å². The van der Waals surface area contributed by atoms with Crippen molar-refractivity contribution < 1.29 is 8.81 Å². The first-order valence-corrected chi connectivity index (χ1v) is 6.37. The lowest BCUT2D eigenvalue weighted by Crippen LogP contribution is -2.30. The van der Waals surface area contributed by atoms with Crippen LogP contribution in [0.1, 0.15) is 17.4 Å². The third-order valence-electron chi connectivity index (χ3n) is 3.06. The number of hydrogen-bond acceptors (Lipinski definition) is 3. The molecule has 0 fully saturated rings. The van der Waals surface area contributed by atoms with Crippen molar-refractivity contribution in [1.29, 1.82) is 0 Å². The van der Waals surface area contributed by atoms with Crippen LogP contribution >= 0.6 is 11.6 Å². The van der Waals surface area contributed by atoms with Crippen molar-refractivity contribution in [3.8, 4) is 0 Å². The highest BCUT2D eigenvalue weighted by molar-refractivity contribution is 6.31. The molecule has 0 aliphatic carbocycles. The highest BCUT2D eigenvalue weighted by atomic mass is 35.5. The number of rotatable bonds is 5. The van der Waals surface area contributed by atoms with Gasteiger partial charge in [0.05, 0.1) is 12.8 Å². The van der Waals surface area contributed by atoms with Crippen LogP contribution in [0.2, 0.25) is 5.02 Å². The molecular formula is C14H16ClFN2O. The van der Waals surface area contributed by atoms with E-state index in [4.69, 9.17) is 21.8 Å². The van der Waals surface area contributed by atoms with Crippen LogP contribution in [0.3, 0.4) is 0 Å². The monoisotopic (exact) mass is 282 g/mol. The molecule has 0 aliphatic heterocycles. The van der Waals surface area contributed by atoms with E-state index in [9.17, 15) is 4.39 Å². The summed E-state index contributed by atoms with van der Waals surface area (Å²) in [5.41, 5.74) is 6.64. The Kier molecular flexibility index (Phi) is 4.58. The summed E-state index contributed by atoms with van der Waals surface area (Å²) in [5, 5.41) is 0.391. The fourth-order valence-corrected chi connectivity index (χ4v) is 2.37. The minimum absolute atomic E-state index is 0.0850. The van der Waals surface area contributed by atoms with Gasteiger partial charge in [0.2, 0.25) is 0 Å². The topological polar surface area (TPSA) is 42.4 Å². The zero-order valence-electron chi connectivity index (χ0n) is 10.6. The van der Waals surface area contributed by atoms with E-state index in [2.05, 4.69) is 0 Å². The Balaban J connectivity index is 2.18. The van der Waals surface area contributed by atoms with Crippen LogP contribution in [0.25, 0.3) is 0 Å². The van der Waals surface area contributed by atoms with Gasteiger partial charge in [-0.3, -0.25) is 4.90 Å². The molecule has 0 saturated heterocycles. The molecule has 2 N–H and O–H groups in total. The molecule has 0 bridgehead atoms. The van der Waals surface area contributed by atoms with Crippen molar-refractivity contribution in [3.05, 3.63) is 58.8 Å². The van der Waals surface area contributed by atoms with E-state index in [0.29, 0.717) is 18.1 Å². The summed E-state index contributed by atoms with van der Waals surface area (Å²) in [5.74, 6) is 0.498. The van der Waals surface area contributed by atoms with Gasteiger partial charge in [-0.2, -0.15) is 0 Å². The molecule has 0 amide bonds. The molecule has 0 radical (unpaired) electrons. The van der Waals surface area contributed by atoms with E-state index in [1.807, 2.05) is 24.1 Å². The maximum Gasteiger partial charge on any atom is 0.124 e. The summed E-state index contributed by atoms with van der Waals surface area (Å²) in [7, 11) is 1.93. The molecule has 1 unspecified atom stereocenters. The second kappa shape index (κ2) is 6.19. The fourth-order valence-electron chi connectivity index (χ4n) is 2.07. The lowest BCUT2D eigenvalue weighted by molar-refractivity contribution is 0.223. The molecule has 0 saturated carbocycles. The summed E-state index contributed by atoms with van der Waals surface area (Å²) >= 11 is 6.08. The average molecular weight is 283 g/mol. The van der Waals surface area contributed by atoms with Crippen LogP contribution in [0.15, 0.2) is 41.0 Å². The van der Waals surface area contributed by atoms with Gasteiger partial charge in [-0.05, 0) is 36.9 Å². The second-order valence-electron chi connectivity index (χ2n) is 4.41. The Morgan fingerprint density at radius 2 is 2.21 bits per heavy atom. The summed E-state index contributed by atoms with van der Waals surface area (Å²) in [6.45, 7) is 1.01. The van der Waals surface area contributed by atoms with Crippen LogP contribution in [0.4, 0.5) is 4.39 Å². The fraction of sp³-hybridized carbons (Fsp3) is 0.286. The predicted molar refractivity (Wildman–Crippen MR) is 73.4 cm³/mol. The van der Waals surface area contributed by atoms with Gasteiger partial charge in [0, 0.05) is 17.6 Å². The Labute approximate surface area is 116 Å². The van der Waals surface area contributed by atoms with Gasteiger partial charge >= 0.3 is 0 Å². The molecule has 2 rings (SSSR count). The van der Waals surface area contributed by atoms with Crippen molar-refractivity contribution in [1.82, 2.24) is 4.90 Å². The standard InChI is InChI=1S/C14H16ClFN2O/c1-18(9-11-3-2-6-19-11)14(8-17)12-5-4-10(16)7-13(12)15/h2-7,14H,8-9,17H2,1H3. The molecule has 102 valence electrons. The molecule has 0 aliphatic rings. The first kappa shape index (κ1) is 14.1. The highest BCUT2D eigenvalue weighted by Crippen LogP contribution is 2.27. The van der Waals surface area contributed by atoms with Crippen molar-refractivity contribution in [3.63, 3.8) is 0 Å². The second-order valence-corrected chi connectivity index (χ2v) is 4.82. The Morgan fingerprint density at radius 1 is 1.42 bits per heavy atom. The van der Waals surface area contributed by atoms with E-state index in [1.54, 1.807) is 12.3 Å².